The van der Waals surface area contributed by atoms with Crippen molar-refractivity contribution >= 4 is 27.8 Å². The minimum absolute atomic E-state index is 0.0446. The van der Waals surface area contributed by atoms with Crippen LogP contribution in [0.5, 0.6) is 0 Å². The van der Waals surface area contributed by atoms with Gasteiger partial charge in [0.15, 0.2) is 17.3 Å². The fourth-order valence-electron chi connectivity index (χ4n) is 3.81. The molecule has 0 radical (unpaired) electrons. The van der Waals surface area contributed by atoms with Gasteiger partial charge in [-0.2, -0.15) is 0 Å². The maximum absolute atomic E-state index is 14.1. The van der Waals surface area contributed by atoms with E-state index in [1.54, 1.807) is 18.3 Å². The summed E-state index contributed by atoms with van der Waals surface area (Å²) in [4.78, 5) is 27.3. The molecule has 1 atom stereocenters. The molecule has 4 N–H and O–H groups in total. The van der Waals surface area contributed by atoms with Crippen molar-refractivity contribution in [3.05, 3.63) is 52.5 Å². The molecule has 9 heteroatoms. The Kier molecular flexibility index (Phi) is 4.24. The molecule has 1 aromatic carbocycles. The Labute approximate surface area is 163 Å². The molecule has 1 saturated heterocycles. The number of aromatic amines is 2. The van der Waals surface area contributed by atoms with Crippen LogP contribution in [0.2, 0.25) is 0 Å². The number of aromatic nitrogens is 4. The first-order valence-electron chi connectivity index (χ1n) is 9.43. The third-order valence-electron chi connectivity index (χ3n) is 5.19. The summed E-state index contributed by atoms with van der Waals surface area (Å²) in [5.41, 5.74) is 1.59. The molecular formula is C20H18F2N6O. The molecular weight excluding hydrogens is 378 g/mol. The predicted octanol–water partition coefficient (Wildman–Crippen LogP) is 2.91. The van der Waals surface area contributed by atoms with Gasteiger partial charge in [-0.05, 0) is 37.6 Å². The molecule has 4 heterocycles. The zero-order valence-electron chi connectivity index (χ0n) is 15.4. The highest BCUT2D eigenvalue weighted by molar-refractivity contribution is 5.99. The van der Waals surface area contributed by atoms with Gasteiger partial charge in [-0.25, -0.2) is 18.7 Å². The van der Waals surface area contributed by atoms with Crippen molar-refractivity contribution in [1.29, 1.82) is 0 Å². The molecule has 0 aliphatic carbocycles. The first-order chi connectivity index (χ1) is 14.1. The van der Waals surface area contributed by atoms with Crippen LogP contribution < -0.4 is 16.2 Å². The molecule has 0 saturated carbocycles. The first-order valence-corrected chi connectivity index (χ1v) is 9.43. The largest absolute Gasteiger partial charge is 0.380 e. The quantitative estimate of drug-likeness (QED) is 0.427. The molecule has 1 aliphatic rings. The van der Waals surface area contributed by atoms with Gasteiger partial charge in [0.25, 0.3) is 5.56 Å². The number of halogens is 2. The summed E-state index contributed by atoms with van der Waals surface area (Å²) >= 11 is 0. The number of nitrogens with zero attached hydrogens (tertiary/aromatic N) is 2. The topological polar surface area (TPSA) is 98.5 Å². The Morgan fingerprint density at radius 1 is 1.14 bits per heavy atom. The van der Waals surface area contributed by atoms with Crippen LogP contribution in [0.15, 0.2) is 35.3 Å². The molecule has 1 fully saturated rings. The second kappa shape index (κ2) is 6.93. The van der Waals surface area contributed by atoms with Gasteiger partial charge in [-0.15, -0.1) is 0 Å². The number of H-pyrrole nitrogens is 2. The summed E-state index contributed by atoms with van der Waals surface area (Å²) in [5.74, 6) is -1.68. The molecule has 7 nitrogen and oxygen atoms in total. The van der Waals surface area contributed by atoms with Crippen LogP contribution >= 0.6 is 0 Å². The number of imidazole rings is 1. The van der Waals surface area contributed by atoms with Gasteiger partial charge >= 0.3 is 0 Å². The van der Waals surface area contributed by atoms with Crippen molar-refractivity contribution in [3.8, 4) is 11.4 Å². The van der Waals surface area contributed by atoms with E-state index in [0.29, 0.717) is 34.6 Å². The van der Waals surface area contributed by atoms with Crippen LogP contribution in [0.25, 0.3) is 33.5 Å². The summed E-state index contributed by atoms with van der Waals surface area (Å²) < 4.78 is 27.8. The first kappa shape index (κ1) is 17.7. The van der Waals surface area contributed by atoms with Crippen molar-refractivity contribution in [1.82, 2.24) is 25.3 Å². The Hall–Kier alpha value is -3.33. The molecule has 29 heavy (non-hydrogen) atoms. The second-order valence-corrected chi connectivity index (χ2v) is 7.16. The van der Waals surface area contributed by atoms with Gasteiger partial charge < -0.3 is 20.6 Å². The Balaban J connectivity index is 1.76. The van der Waals surface area contributed by atoms with E-state index >= 15 is 0 Å². The number of hydrogen-bond acceptors (Lipinski definition) is 5. The van der Waals surface area contributed by atoms with Crippen molar-refractivity contribution in [3.63, 3.8) is 0 Å². The van der Waals surface area contributed by atoms with E-state index in [1.807, 2.05) is 0 Å². The minimum Gasteiger partial charge on any atom is -0.380 e. The number of piperidine rings is 1. The van der Waals surface area contributed by atoms with Crippen molar-refractivity contribution in [2.45, 2.75) is 18.9 Å². The van der Waals surface area contributed by atoms with E-state index < -0.39 is 17.2 Å². The van der Waals surface area contributed by atoms with Gasteiger partial charge in [-0.3, -0.25) is 4.79 Å². The van der Waals surface area contributed by atoms with Crippen molar-refractivity contribution < 1.29 is 8.78 Å². The zero-order chi connectivity index (χ0) is 20.0. The Morgan fingerprint density at radius 2 is 2.00 bits per heavy atom. The zero-order valence-corrected chi connectivity index (χ0v) is 15.4. The Morgan fingerprint density at radius 3 is 2.79 bits per heavy atom. The van der Waals surface area contributed by atoms with Crippen LogP contribution in [0.3, 0.4) is 0 Å². The van der Waals surface area contributed by atoms with Crippen LogP contribution in [0.4, 0.5) is 14.5 Å². The predicted molar refractivity (Wildman–Crippen MR) is 107 cm³/mol. The van der Waals surface area contributed by atoms with E-state index in [2.05, 4.69) is 30.6 Å². The van der Waals surface area contributed by atoms with Crippen LogP contribution in [-0.4, -0.2) is 39.1 Å². The highest BCUT2D eigenvalue weighted by Gasteiger charge is 2.22. The van der Waals surface area contributed by atoms with Gasteiger partial charge in [0.05, 0.1) is 16.7 Å². The highest BCUT2D eigenvalue weighted by Crippen LogP contribution is 2.32. The van der Waals surface area contributed by atoms with Gasteiger partial charge in [-0.1, -0.05) is 0 Å². The summed E-state index contributed by atoms with van der Waals surface area (Å²) in [5, 5.41) is 7.06. The second-order valence-electron chi connectivity index (χ2n) is 7.16. The average molecular weight is 396 g/mol. The van der Waals surface area contributed by atoms with Crippen molar-refractivity contribution in [2.24, 2.45) is 0 Å². The monoisotopic (exact) mass is 396 g/mol. The van der Waals surface area contributed by atoms with Crippen LogP contribution in [-0.2, 0) is 0 Å². The van der Waals surface area contributed by atoms with Crippen LogP contribution in [0, 0.1) is 11.6 Å². The molecule has 148 valence electrons. The molecule has 0 bridgehead atoms. The van der Waals surface area contributed by atoms with Gasteiger partial charge in [0, 0.05) is 30.2 Å². The molecule has 1 aliphatic heterocycles. The summed E-state index contributed by atoms with van der Waals surface area (Å²) in [6, 6.07) is 5.72. The van der Waals surface area contributed by atoms with Gasteiger partial charge in [0.2, 0.25) is 0 Å². The standard InChI is InChI=1S/C20H18F2N6O/c21-12-7-11-15(8-13(12)22)27-20(29)16(17(11)25-10-3-1-5-23-9-10)19-26-14-4-2-6-24-18(14)28-19/h2,4,6-8,10,23H,1,3,5,9H2,(H,24,26,28)(H2,25,27,29). The number of pyridine rings is 2. The molecule has 4 aromatic rings. The normalized spacial score (nSPS) is 17.1. The number of hydrogen-bond donors (Lipinski definition) is 4. The van der Waals surface area contributed by atoms with E-state index in [1.165, 1.54) is 0 Å². The summed E-state index contributed by atoms with van der Waals surface area (Å²) in [7, 11) is 0. The van der Waals surface area contributed by atoms with E-state index in [-0.39, 0.29) is 17.1 Å². The third kappa shape index (κ3) is 3.13. The van der Waals surface area contributed by atoms with Crippen molar-refractivity contribution in [2.75, 3.05) is 18.4 Å². The number of nitrogens with one attached hydrogen (secondary N) is 4. The van der Waals surface area contributed by atoms with E-state index in [4.69, 9.17) is 0 Å². The number of rotatable bonds is 3. The number of anilines is 1. The summed E-state index contributed by atoms with van der Waals surface area (Å²) in [6.45, 7) is 1.63. The molecule has 3 aromatic heterocycles. The lowest BCUT2D eigenvalue weighted by Crippen LogP contribution is -2.38. The molecule has 0 amide bonds. The smallest absolute Gasteiger partial charge is 0.261 e. The lowest BCUT2D eigenvalue weighted by atomic mass is 10.0. The molecule has 1 unspecified atom stereocenters. The summed E-state index contributed by atoms with van der Waals surface area (Å²) in [6.07, 6.45) is 3.49. The number of fused-ring (bicyclic) bond motifs is 2. The number of benzene rings is 1. The lowest BCUT2D eigenvalue weighted by Gasteiger charge is -2.26. The Bertz CT molecular complexity index is 1240. The molecule has 5 rings (SSSR count). The van der Waals surface area contributed by atoms with E-state index in [9.17, 15) is 13.6 Å². The fourth-order valence-corrected chi connectivity index (χ4v) is 3.81. The highest BCUT2D eigenvalue weighted by atomic mass is 19.2. The third-order valence-corrected chi connectivity index (χ3v) is 5.19. The fraction of sp³-hybridized carbons (Fsp3) is 0.250. The maximum Gasteiger partial charge on any atom is 0.261 e. The average Bonchev–Trinajstić information content (AvgIpc) is 3.14. The SMILES string of the molecule is O=c1[nH]c2cc(F)c(F)cc2c(NC2CCCNC2)c1-c1nc2ncccc2[nH]1. The lowest BCUT2D eigenvalue weighted by molar-refractivity contribution is 0.480. The van der Waals surface area contributed by atoms with Gasteiger partial charge in [0.1, 0.15) is 11.4 Å². The minimum atomic E-state index is -1.01. The van der Waals surface area contributed by atoms with E-state index in [0.717, 1.165) is 31.5 Å². The molecule has 0 spiro atoms. The maximum atomic E-state index is 14.1. The van der Waals surface area contributed by atoms with Crippen LogP contribution in [0.1, 0.15) is 12.8 Å².